The highest BCUT2D eigenvalue weighted by Gasteiger charge is 2.45. The molecule has 1 saturated carbocycles. The molecule has 0 aliphatic heterocycles. The average Bonchev–Trinajstić information content (AvgIpc) is 3.22. The van der Waals surface area contributed by atoms with Crippen LogP contribution in [-0.2, 0) is 16.3 Å². The zero-order valence-electron chi connectivity index (χ0n) is 13.5. The number of nitrogens with one attached hydrogen (secondary N) is 2. The van der Waals surface area contributed by atoms with Crippen molar-refractivity contribution in [3.8, 4) is 0 Å². The molecule has 1 heterocycles. The third kappa shape index (κ3) is 6.35. The number of hydrogen-bond donors (Lipinski definition) is 2. The lowest BCUT2D eigenvalue weighted by Crippen LogP contribution is -2.42. The van der Waals surface area contributed by atoms with Crippen molar-refractivity contribution in [1.29, 1.82) is 0 Å². The maximum atomic E-state index is 11.5. The van der Waals surface area contributed by atoms with E-state index >= 15 is 0 Å². The van der Waals surface area contributed by atoms with Gasteiger partial charge >= 0.3 is 0 Å². The van der Waals surface area contributed by atoms with Gasteiger partial charge in [-0.3, -0.25) is 4.99 Å². The van der Waals surface area contributed by atoms with E-state index in [-0.39, 0.29) is 11.2 Å². The molecule has 2 rings (SSSR count). The summed E-state index contributed by atoms with van der Waals surface area (Å²) in [5.74, 6) is 0.923. The molecule has 128 valence electrons. The number of sulfone groups is 1. The molecule has 0 amide bonds. The number of aliphatic imine (C=N–C) groups is 1. The van der Waals surface area contributed by atoms with E-state index in [1.54, 1.807) is 19.3 Å². The van der Waals surface area contributed by atoms with Crippen molar-refractivity contribution in [2.24, 2.45) is 10.4 Å². The van der Waals surface area contributed by atoms with E-state index in [1.165, 1.54) is 6.26 Å². The van der Waals surface area contributed by atoms with Crippen LogP contribution < -0.4 is 10.6 Å². The molecule has 0 radical (unpaired) electrons. The lowest BCUT2D eigenvalue weighted by atomic mass is 10.1. The van der Waals surface area contributed by atoms with Crippen LogP contribution in [0.2, 0.25) is 5.15 Å². The summed E-state index contributed by atoms with van der Waals surface area (Å²) >= 11 is 5.76. The smallest absolute Gasteiger partial charge is 0.191 e. The quantitative estimate of drug-likeness (QED) is 0.435. The van der Waals surface area contributed by atoms with Gasteiger partial charge in [-0.05, 0) is 30.9 Å². The Balaban J connectivity index is 1.75. The van der Waals surface area contributed by atoms with Gasteiger partial charge in [-0.15, -0.1) is 0 Å². The average molecular weight is 359 g/mol. The van der Waals surface area contributed by atoms with Crippen LogP contribution in [0.1, 0.15) is 18.4 Å². The zero-order chi connectivity index (χ0) is 16.9. The lowest BCUT2D eigenvalue weighted by Gasteiger charge is -2.17. The van der Waals surface area contributed by atoms with Gasteiger partial charge in [-0.2, -0.15) is 0 Å². The number of rotatable bonds is 7. The number of nitrogens with zero attached hydrogens (tertiary/aromatic N) is 2. The molecule has 1 aliphatic rings. The molecule has 8 heteroatoms. The first kappa shape index (κ1) is 18.0. The van der Waals surface area contributed by atoms with Crippen molar-refractivity contribution >= 4 is 27.4 Å². The van der Waals surface area contributed by atoms with Crippen molar-refractivity contribution in [2.45, 2.75) is 19.3 Å². The summed E-state index contributed by atoms with van der Waals surface area (Å²) in [6.45, 7) is 1.34. The second-order valence-electron chi connectivity index (χ2n) is 6.16. The third-order valence-corrected chi connectivity index (χ3v) is 5.24. The summed E-state index contributed by atoms with van der Waals surface area (Å²) in [6.07, 6.45) is 5.74. The van der Waals surface area contributed by atoms with Crippen molar-refractivity contribution in [3.05, 3.63) is 29.0 Å². The van der Waals surface area contributed by atoms with Crippen LogP contribution in [0, 0.1) is 5.41 Å². The van der Waals surface area contributed by atoms with Crippen LogP contribution >= 0.6 is 11.6 Å². The Morgan fingerprint density at radius 2 is 2.13 bits per heavy atom. The topological polar surface area (TPSA) is 83.4 Å². The van der Waals surface area contributed by atoms with E-state index in [0.717, 1.165) is 24.8 Å². The van der Waals surface area contributed by atoms with Gasteiger partial charge in [-0.1, -0.05) is 17.7 Å². The molecule has 2 N–H and O–H groups in total. The van der Waals surface area contributed by atoms with Crippen molar-refractivity contribution in [3.63, 3.8) is 0 Å². The van der Waals surface area contributed by atoms with Crippen LogP contribution in [0.5, 0.6) is 0 Å². The predicted molar refractivity (Wildman–Crippen MR) is 93.7 cm³/mol. The van der Waals surface area contributed by atoms with E-state index in [9.17, 15) is 8.42 Å². The molecule has 1 aliphatic carbocycles. The summed E-state index contributed by atoms with van der Waals surface area (Å²) in [6, 6.07) is 3.71. The Kier molecular flexibility index (Phi) is 5.86. The van der Waals surface area contributed by atoms with Crippen LogP contribution in [0.25, 0.3) is 0 Å². The van der Waals surface area contributed by atoms with Crippen molar-refractivity contribution < 1.29 is 8.42 Å². The maximum Gasteiger partial charge on any atom is 0.191 e. The van der Waals surface area contributed by atoms with Gasteiger partial charge in [0.1, 0.15) is 15.0 Å². The van der Waals surface area contributed by atoms with E-state index < -0.39 is 9.84 Å². The van der Waals surface area contributed by atoms with Crippen LogP contribution in [0.15, 0.2) is 23.3 Å². The second-order valence-corrected chi connectivity index (χ2v) is 8.69. The lowest BCUT2D eigenvalue weighted by molar-refractivity contribution is 0.529. The number of pyridine rings is 1. The monoisotopic (exact) mass is 358 g/mol. The first-order chi connectivity index (χ1) is 10.8. The summed E-state index contributed by atoms with van der Waals surface area (Å²) in [5.41, 5.74) is 0.971. The highest BCUT2D eigenvalue weighted by atomic mass is 35.5. The third-order valence-electron chi connectivity index (χ3n) is 3.87. The molecule has 0 saturated heterocycles. The molecule has 6 nitrogen and oxygen atoms in total. The normalized spacial score (nSPS) is 16.9. The van der Waals surface area contributed by atoms with Gasteiger partial charge in [-0.25, -0.2) is 13.4 Å². The van der Waals surface area contributed by atoms with Gasteiger partial charge < -0.3 is 10.6 Å². The fourth-order valence-electron chi connectivity index (χ4n) is 2.48. The molecule has 0 unspecified atom stereocenters. The standard InChI is InChI=1S/C15H23ClN4O2S/c1-17-14(18-8-5-12-3-4-13(16)19-9-12)20-10-15(6-7-15)11-23(2,21)22/h3-4,9H,5-8,10-11H2,1-2H3,(H2,17,18,20). The number of guanidine groups is 1. The molecular weight excluding hydrogens is 336 g/mol. The Labute approximate surface area is 142 Å². The molecule has 1 aromatic heterocycles. The summed E-state index contributed by atoms with van der Waals surface area (Å²) < 4.78 is 22.9. The minimum Gasteiger partial charge on any atom is -0.356 e. The Morgan fingerprint density at radius 1 is 1.39 bits per heavy atom. The Bertz CT molecular complexity index is 655. The summed E-state index contributed by atoms with van der Waals surface area (Å²) in [4.78, 5) is 8.21. The molecule has 1 fully saturated rings. The van der Waals surface area contributed by atoms with Gasteiger partial charge in [0.2, 0.25) is 0 Å². The van der Waals surface area contributed by atoms with E-state index in [4.69, 9.17) is 11.6 Å². The first-order valence-corrected chi connectivity index (χ1v) is 9.98. The molecule has 0 atom stereocenters. The van der Waals surface area contributed by atoms with Crippen LogP contribution in [-0.4, -0.2) is 51.5 Å². The van der Waals surface area contributed by atoms with Crippen molar-refractivity contribution in [1.82, 2.24) is 15.6 Å². The fraction of sp³-hybridized carbons (Fsp3) is 0.600. The SMILES string of the molecule is CN=C(NCCc1ccc(Cl)nc1)NCC1(CS(C)(=O)=O)CC1. The molecule has 0 bridgehead atoms. The Morgan fingerprint density at radius 3 is 2.65 bits per heavy atom. The van der Waals surface area contributed by atoms with Crippen molar-refractivity contribution in [2.75, 3.05) is 32.1 Å². The molecule has 0 aromatic carbocycles. The van der Waals surface area contributed by atoms with E-state index in [2.05, 4.69) is 20.6 Å². The fourth-order valence-corrected chi connectivity index (χ4v) is 4.09. The second kappa shape index (κ2) is 7.49. The minimum atomic E-state index is -2.95. The zero-order valence-corrected chi connectivity index (χ0v) is 15.0. The molecular formula is C15H23ClN4O2S. The van der Waals surface area contributed by atoms with Crippen LogP contribution in [0.3, 0.4) is 0 Å². The van der Waals surface area contributed by atoms with E-state index in [0.29, 0.717) is 24.2 Å². The molecule has 0 spiro atoms. The highest BCUT2D eigenvalue weighted by Crippen LogP contribution is 2.45. The number of aromatic nitrogens is 1. The highest BCUT2D eigenvalue weighted by molar-refractivity contribution is 7.90. The largest absolute Gasteiger partial charge is 0.356 e. The summed E-state index contributed by atoms with van der Waals surface area (Å²) in [7, 11) is -1.24. The van der Waals surface area contributed by atoms with Gasteiger partial charge in [0.15, 0.2) is 5.96 Å². The van der Waals surface area contributed by atoms with Gasteiger partial charge in [0.05, 0.1) is 5.75 Å². The Hall–Kier alpha value is -1.34. The summed E-state index contributed by atoms with van der Waals surface area (Å²) in [5, 5.41) is 6.94. The van der Waals surface area contributed by atoms with E-state index in [1.807, 2.05) is 6.07 Å². The first-order valence-electron chi connectivity index (χ1n) is 7.55. The van der Waals surface area contributed by atoms with Crippen LogP contribution in [0.4, 0.5) is 0 Å². The maximum absolute atomic E-state index is 11.5. The number of hydrogen-bond acceptors (Lipinski definition) is 4. The molecule has 1 aromatic rings. The van der Waals surface area contributed by atoms with Gasteiger partial charge in [0.25, 0.3) is 0 Å². The predicted octanol–water partition coefficient (Wildman–Crippen LogP) is 1.27. The molecule has 23 heavy (non-hydrogen) atoms. The van der Waals surface area contributed by atoms with Gasteiger partial charge in [0, 0.05) is 38.0 Å². The minimum absolute atomic E-state index is 0.120. The number of halogens is 1.